The summed E-state index contributed by atoms with van der Waals surface area (Å²) in [7, 11) is -2.59. The molecule has 1 atom stereocenters. The fraction of sp³-hybridized carbons (Fsp3) is 0.462. The third kappa shape index (κ3) is 2.64. The molecule has 0 spiro atoms. The number of nitrogens with zero attached hydrogens (tertiary/aromatic N) is 1. The van der Waals surface area contributed by atoms with E-state index >= 15 is 0 Å². The maximum Gasteiger partial charge on any atom is 0.325 e. The second-order valence-corrected chi connectivity index (χ2v) is 7.00. The molecule has 0 amide bonds. The van der Waals surface area contributed by atoms with Crippen molar-refractivity contribution in [1.82, 2.24) is 4.31 Å². The average molecular weight is 299 g/mol. The number of fused-ring (bicyclic) bond motifs is 1. The molecule has 0 aromatic heterocycles. The van der Waals surface area contributed by atoms with Gasteiger partial charge >= 0.3 is 5.97 Å². The molecule has 1 aromatic carbocycles. The zero-order chi connectivity index (χ0) is 14.9. The molecule has 1 heterocycles. The number of carbonyl (C=O) groups is 1. The van der Waals surface area contributed by atoms with Gasteiger partial charge in [0, 0.05) is 13.1 Å². The Hall–Kier alpha value is -1.60. The van der Waals surface area contributed by atoms with Crippen molar-refractivity contribution < 1.29 is 23.1 Å². The Morgan fingerprint density at radius 2 is 2.10 bits per heavy atom. The quantitative estimate of drug-likeness (QED) is 0.828. The highest BCUT2D eigenvalue weighted by Gasteiger charge is 2.36. The van der Waals surface area contributed by atoms with Gasteiger partial charge in [-0.15, -0.1) is 0 Å². The first-order chi connectivity index (χ1) is 9.36. The highest BCUT2D eigenvalue weighted by Crippen LogP contribution is 2.26. The predicted molar refractivity (Wildman–Crippen MR) is 72.6 cm³/mol. The van der Waals surface area contributed by atoms with Crippen molar-refractivity contribution in [1.29, 1.82) is 0 Å². The fourth-order valence-electron chi connectivity index (χ4n) is 2.25. The molecular weight excluding hydrogens is 282 g/mol. The van der Waals surface area contributed by atoms with Crippen LogP contribution in [-0.2, 0) is 32.5 Å². The molecule has 20 heavy (non-hydrogen) atoms. The van der Waals surface area contributed by atoms with Crippen LogP contribution in [-0.4, -0.2) is 42.7 Å². The van der Waals surface area contributed by atoms with Crippen molar-refractivity contribution >= 4 is 16.0 Å². The van der Waals surface area contributed by atoms with Gasteiger partial charge in [0.25, 0.3) is 0 Å². The number of phenols is 1. The smallest absolute Gasteiger partial charge is 0.325 e. The lowest BCUT2D eigenvalue weighted by Crippen LogP contribution is -2.43. The van der Waals surface area contributed by atoms with E-state index in [1.54, 1.807) is 18.2 Å². The monoisotopic (exact) mass is 299 g/mol. The maximum absolute atomic E-state index is 12.3. The Kier molecular flexibility index (Phi) is 4.01. The van der Waals surface area contributed by atoms with Gasteiger partial charge in [0.1, 0.15) is 5.75 Å². The topological polar surface area (TPSA) is 83.9 Å². The molecule has 0 fully saturated rings. The van der Waals surface area contributed by atoms with E-state index in [0.29, 0.717) is 13.0 Å². The summed E-state index contributed by atoms with van der Waals surface area (Å²) < 4.78 is 30.4. The van der Waals surface area contributed by atoms with E-state index in [1.807, 2.05) is 0 Å². The van der Waals surface area contributed by atoms with Crippen LogP contribution in [0.4, 0.5) is 0 Å². The zero-order valence-electron chi connectivity index (χ0n) is 11.4. The molecule has 0 saturated heterocycles. The second kappa shape index (κ2) is 5.41. The summed E-state index contributed by atoms with van der Waals surface area (Å²) in [6.07, 6.45) is 0.558. The van der Waals surface area contributed by atoms with Crippen LogP contribution in [0.15, 0.2) is 18.2 Å². The lowest BCUT2D eigenvalue weighted by Gasteiger charge is -2.29. The number of ether oxygens (including phenoxy) is 1. The van der Waals surface area contributed by atoms with Gasteiger partial charge in [-0.1, -0.05) is 6.07 Å². The molecule has 1 unspecified atom stereocenters. The van der Waals surface area contributed by atoms with Crippen molar-refractivity contribution in [3.63, 3.8) is 0 Å². The molecule has 0 aliphatic carbocycles. The second-order valence-electron chi connectivity index (χ2n) is 4.75. The van der Waals surface area contributed by atoms with E-state index < -0.39 is 21.2 Å². The van der Waals surface area contributed by atoms with Crippen LogP contribution < -0.4 is 0 Å². The summed E-state index contributed by atoms with van der Waals surface area (Å²) in [6.45, 7) is 1.80. The van der Waals surface area contributed by atoms with E-state index in [1.165, 1.54) is 11.2 Å². The third-order valence-corrected chi connectivity index (χ3v) is 5.62. The van der Waals surface area contributed by atoms with Crippen LogP contribution in [0.5, 0.6) is 5.75 Å². The molecule has 1 aliphatic heterocycles. The van der Waals surface area contributed by atoms with Crippen LogP contribution in [0.3, 0.4) is 0 Å². The van der Waals surface area contributed by atoms with Crippen molar-refractivity contribution in [2.75, 3.05) is 13.7 Å². The number of methoxy groups -OCH3 is 1. The molecule has 1 N–H and O–H groups in total. The van der Waals surface area contributed by atoms with Gasteiger partial charge in [0.15, 0.2) is 5.25 Å². The molecule has 6 nitrogen and oxygen atoms in total. The van der Waals surface area contributed by atoms with Crippen LogP contribution in [0.2, 0.25) is 0 Å². The first-order valence-corrected chi connectivity index (χ1v) is 7.74. The molecule has 1 aliphatic rings. The Labute approximate surface area is 118 Å². The minimum atomic E-state index is -3.75. The Balaban J connectivity index is 2.26. The van der Waals surface area contributed by atoms with Crippen LogP contribution in [0.25, 0.3) is 0 Å². The molecule has 0 radical (unpaired) electrons. The highest BCUT2D eigenvalue weighted by atomic mass is 32.2. The zero-order valence-corrected chi connectivity index (χ0v) is 12.2. The molecule has 0 bridgehead atoms. The van der Waals surface area contributed by atoms with Crippen molar-refractivity contribution in [2.24, 2.45) is 0 Å². The summed E-state index contributed by atoms with van der Waals surface area (Å²) in [4.78, 5) is 11.4. The standard InChI is InChI=1S/C13H17NO5S/c1-9(13(16)19-2)20(17,18)14-6-5-10-3-4-12(15)7-11(10)8-14/h3-4,7,9,15H,5-6,8H2,1-2H3. The van der Waals surface area contributed by atoms with Crippen LogP contribution in [0.1, 0.15) is 18.1 Å². The van der Waals surface area contributed by atoms with E-state index in [-0.39, 0.29) is 12.3 Å². The van der Waals surface area contributed by atoms with Gasteiger partial charge in [-0.25, -0.2) is 8.42 Å². The number of carbonyl (C=O) groups excluding carboxylic acids is 1. The van der Waals surface area contributed by atoms with Crippen molar-refractivity contribution in [3.8, 4) is 5.75 Å². The third-order valence-electron chi connectivity index (χ3n) is 3.51. The van der Waals surface area contributed by atoms with Gasteiger partial charge < -0.3 is 9.84 Å². The summed E-state index contributed by atoms with van der Waals surface area (Å²) in [5.41, 5.74) is 1.77. The van der Waals surface area contributed by atoms with E-state index in [2.05, 4.69) is 4.74 Å². The largest absolute Gasteiger partial charge is 0.508 e. The summed E-state index contributed by atoms with van der Waals surface area (Å²) >= 11 is 0. The van der Waals surface area contributed by atoms with Gasteiger partial charge in [0.05, 0.1) is 7.11 Å². The number of sulfonamides is 1. The van der Waals surface area contributed by atoms with Crippen molar-refractivity contribution in [2.45, 2.75) is 25.1 Å². The number of rotatable bonds is 3. The highest BCUT2D eigenvalue weighted by molar-refractivity contribution is 7.90. The molecule has 0 saturated carbocycles. The number of esters is 1. The molecule has 2 rings (SSSR count). The number of aromatic hydroxyl groups is 1. The van der Waals surface area contributed by atoms with Gasteiger partial charge in [-0.3, -0.25) is 4.79 Å². The summed E-state index contributed by atoms with van der Waals surface area (Å²) in [5.74, 6) is -0.671. The Bertz CT molecular complexity index is 626. The first kappa shape index (κ1) is 14.8. The number of hydrogen-bond donors (Lipinski definition) is 1. The number of hydrogen-bond acceptors (Lipinski definition) is 5. The van der Waals surface area contributed by atoms with Gasteiger partial charge in [-0.05, 0) is 36.6 Å². The molecule has 1 aromatic rings. The first-order valence-electron chi connectivity index (χ1n) is 6.24. The molecule has 7 heteroatoms. The molecular formula is C13H17NO5S. The average Bonchev–Trinajstić information content (AvgIpc) is 2.44. The maximum atomic E-state index is 12.3. The summed E-state index contributed by atoms with van der Waals surface area (Å²) in [5, 5.41) is 8.24. The fourth-order valence-corrected chi connectivity index (χ4v) is 3.70. The van der Waals surface area contributed by atoms with E-state index in [4.69, 9.17) is 0 Å². The lowest BCUT2D eigenvalue weighted by molar-refractivity contribution is -0.139. The van der Waals surface area contributed by atoms with Crippen LogP contribution >= 0.6 is 0 Å². The van der Waals surface area contributed by atoms with Gasteiger partial charge in [0.2, 0.25) is 10.0 Å². The predicted octanol–water partition coefficient (Wildman–Crippen LogP) is 0.642. The van der Waals surface area contributed by atoms with Crippen LogP contribution in [0, 0.1) is 0 Å². The Morgan fingerprint density at radius 3 is 2.75 bits per heavy atom. The lowest BCUT2D eigenvalue weighted by atomic mass is 10.0. The minimum Gasteiger partial charge on any atom is -0.508 e. The van der Waals surface area contributed by atoms with Gasteiger partial charge in [-0.2, -0.15) is 4.31 Å². The summed E-state index contributed by atoms with van der Waals surface area (Å²) in [6, 6.07) is 4.93. The van der Waals surface area contributed by atoms with E-state index in [0.717, 1.165) is 18.2 Å². The Morgan fingerprint density at radius 1 is 1.40 bits per heavy atom. The minimum absolute atomic E-state index is 0.101. The number of benzene rings is 1. The van der Waals surface area contributed by atoms with Crippen molar-refractivity contribution in [3.05, 3.63) is 29.3 Å². The van der Waals surface area contributed by atoms with E-state index in [9.17, 15) is 18.3 Å². The SMILES string of the molecule is COC(=O)C(C)S(=O)(=O)N1CCc2ccc(O)cc2C1. The molecule has 110 valence electrons. The number of phenolic OH excluding ortho intramolecular Hbond substituents is 1. The normalized spacial score (nSPS) is 17.3.